The zero-order valence-electron chi connectivity index (χ0n) is 25.1. The van der Waals surface area contributed by atoms with Gasteiger partial charge in [-0.2, -0.15) is 26.3 Å². The van der Waals surface area contributed by atoms with Gasteiger partial charge < -0.3 is 20.1 Å². The molecule has 3 aromatic rings. The first-order chi connectivity index (χ1) is 21.7. The molecule has 1 heterocycles. The monoisotopic (exact) mass is 649 g/mol. The van der Waals surface area contributed by atoms with E-state index in [1.165, 1.54) is 18.2 Å². The van der Waals surface area contributed by atoms with Crippen molar-refractivity contribution >= 4 is 29.3 Å². The second-order valence-corrected chi connectivity index (χ2v) is 10.9. The van der Waals surface area contributed by atoms with Crippen molar-refractivity contribution in [3.05, 3.63) is 94.6 Å². The summed E-state index contributed by atoms with van der Waals surface area (Å²) in [6.07, 6.45) is -8.30. The average Bonchev–Trinajstić information content (AvgIpc) is 3.00. The van der Waals surface area contributed by atoms with Gasteiger partial charge in [-0.15, -0.1) is 0 Å². The fourth-order valence-electron chi connectivity index (χ4n) is 4.61. The van der Waals surface area contributed by atoms with Crippen molar-refractivity contribution in [2.45, 2.75) is 32.1 Å². The third-order valence-electron chi connectivity index (χ3n) is 7.16. The third-order valence-corrected chi connectivity index (χ3v) is 7.16. The number of benzene rings is 3. The van der Waals surface area contributed by atoms with Crippen LogP contribution in [0, 0.1) is 0 Å². The van der Waals surface area contributed by atoms with E-state index in [4.69, 9.17) is 9.47 Å². The minimum absolute atomic E-state index is 0.00696. The Kier molecular flexibility index (Phi) is 11.1. The van der Waals surface area contributed by atoms with Crippen molar-refractivity contribution in [3.8, 4) is 5.75 Å². The molecule has 0 atom stereocenters. The van der Waals surface area contributed by atoms with Gasteiger partial charge in [0.25, 0.3) is 11.8 Å². The van der Waals surface area contributed by atoms with E-state index in [1.54, 1.807) is 24.3 Å². The molecule has 0 spiro atoms. The summed E-state index contributed by atoms with van der Waals surface area (Å²) in [5.74, 6) is -2.38. The van der Waals surface area contributed by atoms with Gasteiger partial charge in [0.05, 0.1) is 24.3 Å². The standard InChI is InChI=1S/C33H33F6N3O4/c1-21(2)23-8-6-22(7-9-23)18-27(30(43)40-25-5-3-4-24(19-25)32(34,35)36)31(44)41-26-10-11-29(28(20-26)33(37,38)39)46-17-14-42-12-15-45-16-13-42/h3-11,18-21H,12-17H2,1-2H3,(H,40,43)(H,41,44). The predicted molar refractivity (Wildman–Crippen MR) is 161 cm³/mol. The van der Waals surface area contributed by atoms with Gasteiger partial charge in [-0.25, -0.2) is 0 Å². The summed E-state index contributed by atoms with van der Waals surface area (Å²) in [6, 6.07) is 13.7. The molecular weight excluding hydrogens is 616 g/mol. The minimum atomic E-state index is -4.83. The van der Waals surface area contributed by atoms with E-state index in [0.29, 0.717) is 50.5 Å². The fourth-order valence-corrected chi connectivity index (χ4v) is 4.61. The summed E-state index contributed by atoms with van der Waals surface area (Å²) in [4.78, 5) is 28.7. The molecule has 46 heavy (non-hydrogen) atoms. The average molecular weight is 650 g/mol. The molecule has 1 saturated heterocycles. The van der Waals surface area contributed by atoms with E-state index >= 15 is 0 Å². The van der Waals surface area contributed by atoms with Gasteiger partial charge in [0.1, 0.15) is 17.9 Å². The Hall–Kier alpha value is -4.36. The van der Waals surface area contributed by atoms with Crippen molar-refractivity contribution in [2.75, 3.05) is 50.1 Å². The number of amides is 2. The lowest BCUT2D eigenvalue weighted by molar-refractivity contribution is -0.139. The van der Waals surface area contributed by atoms with Crippen molar-refractivity contribution in [3.63, 3.8) is 0 Å². The molecule has 0 aromatic heterocycles. The van der Waals surface area contributed by atoms with Gasteiger partial charge in [-0.1, -0.05) is 44.2 Å². The third kappa shape index (κ3) is 9.57. The van der Waals surface area contributed by atoms with E-state index in [1.807, 2.05) is 18.7 Å². The summed E-state index contributed by atoms with van der Waals surface area (Å²) >= 11 is 0. The Labute approximate surface area is 262 Å². The minimum Gasteiger partial charge on any atom is -0.492 e. The van der Waals surface area contributed by atoms with Crippen LogP contribution in [0.1, 0.15) is 42.0 Å². The van der Waals surface area contributed by atoms with E-state index in [2.05, 4.69) is 10.6 Å². The predicted octanol–water partition coefficient (Wildman–Crippen LogP) is 7.22. The number of hydrogen-bond acceptors (Lipinski definition) is 5. The molecule has 1 aliphatic rings. The number of carbonyl (C=O) groups is 2. The smallest absolute Gasteiger partial charge is 0.420 e. The summed E-state index contributed by atoms with van der Waals surface area (Å²) in [6.45, 7) is 6.67. The Morgan fingerprint density at radius 1 is 0.870 bits per heavy atom. The number of carbonyl (C=O) groups excluding carboxylic acids is 2. The van der Waals surface area contributed by atoms with Gasteiger partial charge in [-0.3, -0.25) is 14.5 Å². The Morgan fingerprint density at radius 3 is 2.09 bits per heavy atom. The van der Waals surface area contributed by atoms with E-state index in [9.17, 15) is 35.9 Å². The first-order valence-corrected chi connectivity index (χ1v) is 14.5. The number of rotatable bonds is 10. The molecular formula is C33H33F6N3O4. The van der Waals surface area contributed by atoms with E-state index in [0.717, 1.165) is 23.8 Å². The molecule has 1 fully saturated rings. The lowest BCUT2D eigenvalue weighted by Gasteiger charge is -2.26. The zero-order valence-corrected chi connectivity index (χ0v) is 25.1. The van der Waals surface area contributed by atoms with E-state index in [-0.39, 0.29) is 23.9 Å². The van der Waals surface area contributed by atoms with Crippen molar-refractivity contribution < 1.29 is 45.4 Å². The Bertz CT molecular complexity index is 1550. The molecule has 0 bridgehead atoms. The number of nitrogens with zero attached hydrogens (tertiary/aromatic N) is 1. The van der Waals surface area contributed by atoms with E-state index < -0.39 is 46.6 Å². The number of alkyl halides is 6. The quantitative estimate of drug-likeness (QED) is 0.105. The number of anilines is 2. The Morgan fingerprint density at radius 2 is 1.50 bits per heavy atom. The van der Waals surface area contributed by atoms with Gasteiger partial charge in [0.15, 0.2) is 0 Å². The second kappa shape index (κ2) is 14.8. The number of halogens is 6. The Balaban J connectivity index is 1.58. The van der Waals surface area contributed by atoms with Crippen LogP contribution < -0.4 is 15.4 Å². The maximum absolute atomic E-state index is 14.0. The van der Waals surface area contributed by atoms with Gasteiger partial charge in [0.2, 0.25) is 0 Å². The van der Waals surface area contributed by atoms with Gasteiger partial charge in [-0.05, 0) is 59.5 Å². The van der Waals surface area contributed by atoms with Crippen LogP contribution in [-0.4, -0.2) is 56.2 Å². The molecule has 0 radical (unpaired) electrons. The normalized spacial score (nSPS) is 14.7. The molecule has 7 nitrogen and oxygen atoms in total. The molecule has 13 heteroatoms. The highest BCUT2D eigenvalue weighted by atomic mass is 19.4. The van der Waals surface area contributed by atoms with Gasteiger partial charge >= 0.3 is 12.4 Å². The highest BCUT2D eigenvalue weighted by Gasteiger charge is 2.35. The number of morpholine rings is 1. The molecule has 0 saturated carbocycles. The molecule has 246 valence electrons. The largest absolute Gasteiger partial charge is 0.492 e. The summed E-state index contributed by atoms with van der Waals surface area (Å²) < 4.78 is 92.4. The SMILES string of the molecule is CC(C)c1ccc(C=C(C(=O)Nc2cccc(C(F)(F)F)c2)C(=O)Nc2ccc(OCCN3CCOCC3)c(C(F)(F)F)c2)cc1. The molecule has 4 rings (SSSR count). The topological polar surface area (TPSA) is 79.9 Å². The van der Waals surface area contributed by atoms with Crippen LogP contribution in [-0.2, 0) is 26.7 Å². The van der Waals surface area contributed by atoms with Crippen molar-refractivity contribution in [1.29, 1.82) is 0 Å². The maximum Gasteiger partial charge on any atom is 0.420 e. The maximum atomic E-state index is 14.0. The number of nitrogens with one attached hydrogen (secondary N) is 2. The highest BCUT2D eigenvalue weighted by Crippen LogP contribution is 2.38. The number of hydrogen-bond donors (Lipinski definition) is 2. The lowest BCUT2D eigenvalue weighted by Crippen LogP contribution is -2.38. The summed E-state index contributed by atoms with van der Waals surface area (Å²) in [5.41, 5.74) is -1.81. The zero-order chi connectivity index (χ0) is 33.5. The van der Waals surface area contributed by atoms with Crippen molar-refractivity contribution in [1.82, 2.24) is 4.90 Å². The molecule has 0 aliphatic carbocycles. The van der Waals surface area contributed by atoms with Crippen LogP contribution in [0.3, 0.4) is 0 Å². The van der Waals surface area contributed by atoms with Gasteiger partial charge in [0, 0.05) is 31.0 Å². The first-order valence-electron chi connectivity index (χ1n) is 14.5. The lowest BCUT2D eigenvalue weighted by atomic mass is 10.0. The second-order valence-electron chi connectivity index (χ2n) is 10.9. The molecule has 2 N–H and O–H groups in total. The molecule has 3 aromatic carbocycles. The molecule has 0 unspecified atom stereocenters. The van der Waals surface area contributed by atoms with Crippen LogP contribution in [0.5, 0.6) is 5.75 Å². The fraction of sp³-hybridized carbons (Fsp3) is 0.333. The van der Waals surface area contributed by atoms with Crippen molar-refractivity contribution in [2.24, 2.45) is 0 Å². The summed E-state index contributed by atoms with van der Waals surface area (Å²) in [5, 5.41) is 4.60. The van der Waals surface area contributed by atoms with Crippen LogP contribution >= 0.6 is 0 Å². The van der Waals surface area contributed by atoms with Crippen LogP contribution in [0.2, 0.25) is 0 Å². The van der Waals surface area contributed by atoms with Crippen LogP contribution in [0.15, 0.2) is 72.3 Å². The van der Waals surface area contributed by atoms with Crippen LogP contribution in [0.4, 0.5) is 37.7 Å². The first kappa shape index (κ1) is 34.5. The molecule has 2 amide bonds. The van der Waals surface area contributed by atoms with Crippen LogP contribution in [0.25, 0.3) is 6.08 Å². The number of ether oxygens (including phenoxy) is 2. The highest BCUT2D eigenvalue weighted by molar-refractivity contribution is 6.28. The molecule has 1 aliphatic heterocycles. The summed E-state index contributed by atoms with van der Waals surface area (Å²) in [7, 11) is 0.